The van der Waals surface area contributed by atoms with Crippen LogP contribution in [0, 0.1) is 5.41 Å². The van der Waals surface area contributed by atoms with Gasteiger partial charge >= 0.3 is 0 Å². The maximum atomic E-state index is 10.1. The Hall–Kier alpha value is 0.400. The fraction of sp³-hybridized carbons (Fsp3) is 0.846. The van der Waals surface area contributed by atoms with Gasteiger partial charge in [0, 0.05) is 4.24 Å². The monoisotopic (exact) mass is 258 g/mol. The fourth-order valence-corrected chi connectivity index (χ4v) is 5.16. The third-order valence-corrected chi connectivity index (χ3v) is 6.61. The summed E-state index contributed by atoms with van der Waals surface area (Å²) < 4.78 is 1.50. The van der Waals surface area contributed by atoms with Crippen LogP contribution in [0.5, 0.6) is 0 Å². The summed E-state index contributed by atoms with van der Waals surface area (Å²) in [6, 6.07) is 0. The summed E-state index contributed by atoms with van der Waals surface area (Å²) >= 11 is 4.00. The molecule has 0 aromatic rings. The highest BCUT2D eigenvalue weighted by atomic mass is 32.2. The smallest absolute Gasteiger partial charge is 0.0599 e. The topological polar surface area (TPSA) is 20.2 Å². The van der Waals surface area contributed by atoms with Crippen LogP contribution in [-0.2, 0) is 0 Å². The van der Waals surface area contributed by atoms with E-state index in [1.54, 1.807) is 0 Å². The van der Waals surface area contributed by atoms with E-state index in [0.717, 1.165) is 19.3 Å². The van der Waals surface area contributed by atoms with Crippen molar-refractivity contribution in [2.24, 2.45) is 5.41 Å². The highest BCUT2D eigenvalue weighted by Gasteiger charge is 2.39. The van der Waals surface area contributed by atoms with E-state index in [-0.39, 0.29) is 11.5 Å². The van der Waals surface area contributed by atoms with Crippen molar-refractivity contribution in [1.29, 1.82) is 0 Å². The second-order valence-corrected chi connectivity index (χ2v) is 7.43. The van der Waals surface area contributed by atoms with Crippen molar-refractivity contribution in [3.8, 4) is 0 Å². The van der Waals surface area contributed by atoms with Crippen molar-refractivity contribution < 1.29 is 5.11 Å². The zero-order valence-electron chi connectivity index (χ0n) is 10.1. The molecule has 1 nitrogen and oxygen atoms in total. The third-order valence-electron chi connectivity index (χ3n) is 4.02. The van der Waals surface area contributed by atoms with Crippen LogP contribution in [-0.4, -0.2) is 22.7 Å². The maximum Gasteiger partial charge on any atom is 0.0599 e. The molecule has 92 valence electrons. The van der Waals surface area contributed by atoms with Crippen molar-refractivity contribution in [2.75, 3.05) is 11.5 Å². The van der Waals surface area contributed by atoms with Gasteiger partial charge in [-0.15, -0.1) is 23.5 Å². The average Bonchev–Trinajstić information content (AvgIpc) is 2.70. The second-order valence-electron chi connectivity index (χ2n) is 4.90. The molecule has 3 heteroatoms. The first-order chi connectivity index (χ1) is 7.77. The van der Waals surface area contributed by atoms with E-state index in [0.29, 0.717) is 0 Å². The summed E-state index contributed by atoms with van der Waals surface area (Å²) in [4.78, 5) is 0. The molecule has 0 radical (unpaired) electrons. The third kappa shape index (κ3) is 2.80. The summed E-state index contributed by atoms with van der Waals surface area (Å²) in [5.41, 5.74) is 0.200. The number of rotatable bonds is 3. The number of hydrogen-bond acceptors (Lipinski definition) is 3. The van der Waals surface area contributed by atoms with E-state index < -0.39 is 0 Å². The van der Waals surface area contributed by atoms with Crippen LogP contribution < -0.4 is 0 Å². The predicted octanol–water partition coefficient (Wildman–Crippen LogP) is 4.03. The number of aliphatic hydroxyl groups excluding tert-OH is 1. The van der Waals surface area contributed by atoms with E-state index in [9.17, 15) is 5.11 Å². The van der Waals surface area contributed by atoms with Gasteiger partial charge in [0.15, 0.2) is 0 Å². The zero-order chi connectivity index (χ0) is 11.4. The molecule has 1 heterocycles. The van der Waals surface area contributed by atoms with E-state index >= 15 is 0 Å². The quantitative estimate of drug-likeness (QED) is 0.825. The Labute approximate surface area is 107 Å². The highest BCUT2D eigenvalue weighted by molar-refractivity contribution is 8.22. The summed E-state index contributed by atoms with van der Waals surface area (Å²) in [5.74, 6) is 2.56. The molecule has 0 unspecified atom stereocenters. The Morgan fingerprint density at radius 3 is 2.69 bits per heavy atom. The molecule has 1 saturated heterocycles. The van der Waals surface area contributed by atoms with Crippen LogP contribution in [0.1, 0.15) is 45.4 Å². The lowest BCUT2D eigenvalue weighted by atomic mass is 9.78. The molecule has 2 fully saturated rings. The second kappa shape index (κ2) is 5.83. The molecular weight excluding hydrogens is 236 g/mol. The Balaban J connectivity index is 1.96. The van der Waals surface area contributed by atoms with Gasteiger partial charge in [0.25, 0.3) is 0 Å². The molecule has 0 aromatic carbocycles. The van der Waals surface area contributed by atoms with Crippen LogP contribution in [0.15, 0.2) is 10.3 Å². The van der Waals surface area contributed by atoms with Gasteiger partial charge in [0.05, 0.1) is 6.10 Å². The van der Waals surface area contributed by atoms with Crippen LogP contribution in [0.3, 0.4) is 0 Å². The Bertz CT molecular complexity index is 257. The number of allylic oxidation sites excluding steroid dienone is 1. The molecule has 1 saturated carbocycles. The molecule has 2 aliphatic rings. The molecule has 0 aromatic heterocycles. The van der Waals surface area contributed by atoms with E-state index in [4.69, 9.17) is 0 Å². The molecule has 1 aliphatic heterocycles. The van der Waals surface area contributed by atoms with Gasteiger partial charge in [0.1, 0.15) is 0 Å². The van der Waals surface area contributed by atoms with Gasteiger partial charge in [-0.2, -0.15) is 0 Å². The Kier molecular flexibility index (Phi) is 4.68. The van der Waals surface area contributed by atoms with E-state index in [1.165, 1.54) is 35.0 Å². The summed E-state index contributed by atoms with van der Waals surface area (Å²) in [5, 5.41) is 10.1. The molecule has 0 bridgehead atoms. The lowest BCUT2D eigenvalue weighted by Gasteiger charge is -2.30. The van der Waals surface area contributed by atoms with Crippen LogP contribution >= 0.6 is 23.5 Å². The van der Waals surface area contributed by atoms with Crippen molar-refractivity contribution >= 4 is 23.5 Å². The van der Waals surface area contributed by atoms with Crippen LogP contribution in [0.4, 0.5) is 0 Å². The van der Waals surface area contributed by atoms with Gasteiger partial charge < -0.3 is 5.11 Å². The van der Waals surface area contributed by atoms with Gasteiger partial charge in [0.2, 0.25) is 0 Å². The van der Waals surface area contributed by atoms with Gasteiger partial charge in [-0.3, -0.25) is 0 Å². The van der Waals surface area contributed by atoms with Gasteiger partial charge in [-0.1, -0.05) is 19.4 Å². The van der Waals surface area contributed by atoms with Gasteiger partial charge in [-0.05, 0) is 49.0 Å². The van der Waals surface area contributed by atoms with Crippen molar-refractivity contribution in [2.45, 2.75) is 51.6 Å². The van der Waals surface area contributed by atoms with Crippen molar-refractivity contribution in [3.63, 3.8) is 0 Å². The number of hydrogen-bond donors (Lipinski definition) is 1. The summed E-state index contributed by atoms with van der Waals surface area (Å²) in [6.45, 7) is 2.23. The largest absolute Gasteiger partial charge is 0.393 e. The van der Waals surface area contributed by atoms with Crippen molar-refractivity contribution in [3.05, 3.63) is 10.3 Å². The molecule has 2 atom stereocenters. The standard InChI is InChI=1S/C13H22OS2/c1-2-13(7-3-5-11(13)14)8-6-12-15-9-4-10-16-12/h6,11,14H,2-5,7-10H2,1H3/t11-,13-/m1/s1. The molecular formula is C13H22OS2. The van der Waals surface area contributed by atoms with Crippen LogP contribution in [0.2, 0.25) is 0 Å². The molecule has 2 rings (SSSR count). The van der Waals surface area contributed by atoms with Crippen molar-refractivity contribution in [1.82, 2.24) is 0 Å². The van der Waals surface area contributed by atoms with E-state index in [1.807, 2.05) is 23.5 Å². The molecule has 1 aliphatic carbocycles. The maximum absolute atomic E-state index is 10.1. The predicted molar refractivity (Wildman–Crippen MR) is 74.8 cm³/mol. The number of thioether (sulfide) groups is 2. The molecule has 16 heavy (non-hydrogen) atoms. The van der Waals surface area contributed by atoms with E-state index in [2.05, 4.69) is 13.0 Å². The first-order valence-corrected chi connectivity index (χ1v) is 8.38. The number of aliphatic hydroxyl groups is 1. The minimum atomic E-state index is -0.0621. The fourth-order valence-electron chi connectivity index (χ4n) is 2.77. The van der Waals surface area contributed by atoms with Crippen LogP contribution in [0.25, 0.3) is 0 Å². The lowest BCUT2D eigenvalue weighted by molar-refractivity contribution is 0.0514. The lowest BCUT2D eigenvalue weighted by Crippen LogP contribution is -2.28. The molecule has 1 N–H and O–H groups in total. The average molecular weight is 258 g/mol. The zero-order valence-corrected chi connectivity index (χ0v) is 11.7. The summed E-state index contributed by atoms with van der Waals surface area (Å²) in [6.07, 6.45) is 9.31. The molecule has 0 spiro atoms. The minimum Gasteiger partial charge on any atom is -0.393 e. The molecule has 0 amide bonds. The first kappa shape index (κ1) is 12.8. The Morgan fingerprint density at radius 1 is 1.38 bits per heavy atom. The van der Waals surface area contributed by atoms with Gasteiger partial charge in [-0.25, -0.2) is 0 Å². The Morgan fingerprint density at radius 2 is 2.12 bits per heavy atom. The minimum absolute atomic E-state index is 0.0621. The first-order valence-electron chi connectivity index (χ1n) is 6.41. The normalized spacial score (nSPS) is 35.4. The summed E-state index contributed by atoms with van der Waals surface area (Å²) in [7, 11) is 0. The highest BCUT2D eigenvalue weighted by Crippen LogP contribution is 2.46. The SMILES string of the molecule is CC[C@]1(CC=C2SCCCS2)CCC[C@H]1O.